The molecule has 0 spiro atoms. The van der Waals surface area contributed by atoms with Crippen LogP contribution in [0.25, 0.3) is 0 Å². The molecule has 0 fully saturated rings. The highest BCUT2D eigenvalue weighted by Crippen LogP contribution is 2.17. The summed E-state index contributed by atoms with van der Waals surface area (Å²) in [5.41, 5.74) is -0.192. The van der Waals surface area contributed by atoms with E-state index in [-0.39, 0.29) is 12.0 Å². The van der Waals surface area contributed by atoms with Crippen molar-refractivity contribution in [1.82, 2.24) is 9.97 Å². The Bertz CT molecular complexity index is 398. The molecule has 0 saturated carbocycles. The number of aliphatic hydroxyl groups is 1. The second-order valence-corrected chi connectivity index (χ2v) is 5.79. The van der Waals surface area contributed by atoms with Crippen molar-refractivity contribution in [1.29, 1.82) is 0 Å². The van der Waals surface area contributed by atoms with Gasteiger partial charge in [-0.2, -0.15) is 0 Å². The predicted octanol–water partition coefficient (Wildman–Crippen LogP) is 2.27. The number of aliphatic hydroxyl groups excluding tert-OH is 1. The maximum Gasteiger partial charge on any atom is 0.158 e. The summed E-state index contributed by atoms with van der Waals surface area (Å²) < 4.78 is 5.38. The summed E-state index contributed by atoms with van der Waals surface area (Å²) >= 11 is 0. The van der Waals surface area contributed by atoms with E-state index in [9.17, 15) is 5.11 Å². The van der Waals surface area contributed by atoms with Crippen LogP contribution >= 0.6 is 0 Å². The fourth-order valence-corrected chi connectivity index (χ4v) is 1.57. The number of ether oxygens (including phenoxy) is 1. The molecule has 3 N–H and O–H groups in total. The molecule has 1 aromatic rings. The largest absolute Gasteiger partial charge is 0.396 e. The highest BCUT2D eigenvalue weighted by atomic mass is 16.5. The van der Waals surface area contributed by atoms with Crippen LogP contribution in [-0.2, 0) is 11.3 Å². The van der Waals surface area contributed by atoms with Crippen LogP contribution < -0.4 is 10.6 Å². The first-order valence-corrected chi connectivity index (χ1v) is 7.55. The van der Waals surface area contributed by atoms with Gasteiger partial charge < -0.3 is 20.5 Å². The lowest BCUT2D eigenvalue weighted by molar-refractivity contribution is 0.128. The highest BCUT2D eigenvalue weighted by Gasteiger charge is 2.16. The van der Waals surface area contributed by atoms with Crippen LogP contribution in [-0.4, -0.2) is 41.4 Å². The van der Waals surface area contributed by atoms with Crippen LogP contribution in [0.3, 0.4) is 0 Å². The minimum absolute atomic E-state index is 0.123. The molecule has 1 aromatic heterocycles. The van der Waals surface area contributed by atoms with E-state index < -0.39 is 0 Å². The van der Waals surface area contributed by atoms with E-state index in [1.54, 1.807) is 0 Å². The Labute approximate surface area is 127 Å². The number of hydrogen-bond acceptors (Lipinski definition) is 6. The fraction of sp³-hybridized carbons (Fsp3) is 0.733. The molecular formula is C15H28N4O2. The van der Waals surface area contributed by atoms with Crippen molar-refractivity contribution in [3.8, 4) is 0 Å². The first-order chi connectivity index (χ1) is 10.0. The molecule has 0 amide bonds. The molecule has 0 saturated heterocycles. The average Bonchev–Trinajstić information content (AvgIpc) is 2.49. The second kappa shape index (κ2) is 8.79. The van der Waals surface area contributed by atoms with E-state index in [1.165, 1.54) is 0 Å². The summed E-state index contributed by atoms with van der Waals surface area (Å²) in [5.74, 6) is 2.20. The van der Waals surface area contributed by atoms with Gasteiger partial charge in [-0.25, -0.2) is 9.97 Å². The van der Waals surface area contributed by atoms with Crippen LogP contribution in [0, 0.1) is 5.41 Å². The summed E-state index contributed by atoms with van der Waals surface area (Å²) in [5, 5.41) is 15.8. The summed E-state index contributed by atoms with van der Waals surface area (Å²) in [6.45, 7) is 10.7. The minimum Gasteiger partial charge on any atom is -0.396 e. The van der Waals surface area contributed by atoms with Crippen molar-refractivity contribution in [2.24, 2.45) is 5.41 Å². The number of nitrogens with one attached hydrogen (secondary N) is 2. The zero-order valence-corrected chi connectivity index (χ0v) is 13.6. The van der Waals surface area contributed by atoms with Crippen molar-refractivity contribution in [2.45, 2.75) is 40.7 Å². The molecular weight excluding hydrogens is 268 g/mol. The quantitative estimate of drug-likeness (QED) is 0.614. The van der Waals surface area contributed by atoms with Gasteiger partial charge in [0.2, 0.25) is 0 Å². The SMILES string of the molecule is CCCNc1cc(NCC(C)(C)CO)nc(COCC)n1. The van der Waals surface area contributed by atoms with Crippen LogP contribution in [0.2, 0.25) is 0 Å². The summed E-state index contributed by atoms with van der Waals surface area (Å²) in [6.07, 6.45) is 1.03. The third kappa shape index (κ3) is 6.73. The van der Waals surface area contributed by atoms with Crippen molar-refractivity contribution in [2.75, 3.05) is 36.9 Å². The lowest BCUT2D eigenvalue weighted by Gasteiger charge is -2.22. The van der Waals surface area contributed by atoms with Gasteiger partial charge in [-0.05, 0) is 13.3 Å². The van der Waals surface area contributed by atoms with E-state index in [2.05, 4.69) is 27.5 Å². The summed E-state index contributed by atoms with van der Waals surface area (Å²) in [7, 11) is 0. The molecule has 0 aliphatic rings. The number of nitrogens with zero attached hydrogens (tertiary/aromatic N) is 2. The molecule has 0 aliphatic carbocycles. The van der Waals surface area contributed by atoms with Gasteiger partial charge in [0, 0.05) is 37.8 Å². The lowest BCUT2D eigenvalue weighted by atomic mass is 9.95. The lowest BCUT2D eigenvalue weighted by Crippen LogP contribution is -2.27. The third-order valence-electron chi connectivity index (χ3n) is 2.94. The maximum absolute atomic E-state index is 9.31. The first kappa shape index (κ1) is 17.7. The van der Waals surface area contributed by atoms with E-state index in [0.29, 0.717) is 25.6 Å². The maximum atomic E-state index is 9.31. The second-order valence-electron chi connectivity index (χ2n) is 5.79. The Balaban J connectivity index is 2.79. The summed E-state index contributed by atoms with van der Waals surface area (Å²) in [4.78, 5) is 8.88. The van der Waals surface area contributed by atoms with E-state index in [4.69, 9.17) is 4.74 Å². The molecule has 21 heavy (non-hydrogen) atoms. The Morgan fingerprint density at radius 2 is 1.86 bits per heavy atom. The molecule has 0 radical (unpaired) electrons. The monoisotopic (exact) mass is 296 g/mol. The van der Waals surface area contributed by atoms with Gasteiger partial charge in [0.05, 0.1) is 0 Å². The minimum atomic E-state index is -0.192. The van der Waals surface area contributed by atoms with E-state index >= 15 is 0 Å². The molecule has 1 rings (SSSR count). The zero-order valence-electron chi connectivity index (χ0n) is 13.6. The molecule has 1 heterocycles. The number of hydrogen-bond donors (Lipinski definition) is 3. The van der Waals surface area contributed by atoms with Gasteiger partial charge in [0.25, 0.3) is 0 Å². The molecule has 0 aromatic carbocycles. The Kier molecular flexibility index (Phi) is 7.39. The average molecular weight is 296 g/mol. The predicted molar refractivity (Wildman–Crippen MR) is 85.5 cm³/mol. The van der Waals surface area contributed by atoms with Crippen LogP contribution in [0.15, 0.2) is 6.07 Å². The van der Waals surface area contributed by atoms with Crippen molar-refractivity contribution < 1.29 is 9.84 Å². The van der Waals surface area contributed by atoms with Crippen molar-refractivity contribution in [3.05, 3.63) is 11.9 Å². The fourth-order valence-electron chi connectivity index (χ4n) is 1.57. The molecule has 6 heteroatoms. The van der Waals surface area contributed by atoms with Gasteiger partial charge >= 0.3 is 0 Å². The van der Waals surface area contributed by atoms with Crippen molar-refractivity contribution in [3.63, 3.8) is 0 Å². The molecule has 6 nitrogen and oxygen atoms in total. The molecule has 0 aliphatic heterocycles. The number of anilines is 2. The van der Waals surface area contributed by atoms with Crippen LogP contribution in [0.5, 0.6) is 0 Å². The molecule has 0 bridgehead atoms. The van der Waals surface area contributed by atoms with Gasteiger partial charge in [0.1, 0.15) is 18.2 Å². The molecule has 120 valence electrons. The molecule has 0 atom stereocenters. The zero-order chi connectivity index (χ0) is 15.7. The number of aromatic nitrogens is 2. The van der Waals surface area contributed by atoms with Gasteiger partial charge in [-0.15, -0.1) is 0 Å². The summed E-state index contributed by atoms with van der Waals surface area (Å²) in [6, 6.07) is 1.89. The smallest absolute Gasteiger partial charge is 0.158 e. The standard InChI is InChI=1S/C15H28N4O2/c1-5-7-16-12-8-13(17-10-15(3,4)11-20)19-14(18-12)9-21-6-2/h8,20H,5-7,9-11H2,1-4H3,(H2,16,17,18,19). The number of rotatable bonds is 10. The van der Waals surface area contributed by atoms with Crippen LogP contribution in [0.4, 0.5) is 11.6 Å². The first-order valence-electron chi connectivity index (χ1n) is 7.55. The Morgan fingerprint density at radius 1 is 1.19 bits per heavy atom. The molecule has 0 unspecified atom stereocenters. The highest BCUT2D eigenvalue weighted by molar-refractivity contribution is 5.47. The van der Waals surface area contributed by atoms with Crippen LogP contribution in [0.1, 0.15) is 39.9 Å². The van der Waals surface area contributed by atoms with Gasteiger partial charge in [-0.1, -0.05) is 20.8 Å². The van der Waals surface area contributed by atoms with Crippen molar-refractivity contribution >= 4 is 11.6 Å². The Hall–Kier alpha value is -1.40. The normalized spacial score (nSPS) is 11.5. The topological polar surface area (TPSA) is 79.3 Å². The third-order valence-corrected chi connectivity index (χ3v) is 2.94. The Morgan fingerprint density at radius 3 is 2.43 bits per heavy atom. The van der Waals surface area contributed by atoms with E-state index in [0.717, 1.165) is 24.6 Å². The van der Waals surface area contributed by atoms with Gasteiger partial charge in [-0.3, -0.25) is 0 Å². The van der Waals surface area contributed by atoms with Gasteiger partial charge in [0.15, 0.2) is 5.82 Å². The van der Waals surface area contributed by atoms with E-state index in [1.807, 2.05) is 26.8 Å².